The molecule has 2 aliphatic rings. The largest absolute Gasteiger partial charge is 0.327 e. The molecule has 108 valence electrons. The first kappa shape index (κ1) is 14.0. The van der Waals surface area contributed by atoms with Gasteiger partial charge in [-0.15, -0.1) is 0 Å². The van der Waals surface area contributed by atoms with Crippen LogP contribution in [0.1, 0.15) is 6.92 Å². The molecular formula is C11H14N4O5. The van der Waals surface area contributed by atoms with Gasteiger partial charge in [0.1, 0.15) is 25.7 Å². The van der Waals surface area contributed by atoms with E-state index in [0.29, 0.717) is 0 Å². The highest BCUT2D eigenvalue weighted by Crippen LogP contribution is 2.11. The van der Waals surface area contributed by atoms with Gasteiger partial charge in [0.05, 0.1) is 0 Å². The number of amides is 6. The number of urea groups is 1. The van der Waals surface area contributed by atoms with Crippen LogP contribution in [0.3, 0.4) is 0 Å². The molecule has 9 nitrogen and oxygen atoms in total. The molecule has 1 unspecified atom stereocenters. The van der Waals surface area contributed by atoms with Crippen LogP contribution in [0.25, 0.3) is 0 Å². The van der Waals surface area contributed by atoms with E-state index in [1.54, 1.807) is 0 Å². The topological polar surface area (TPSA) is 107 Å². The third-order valence-electron chi connectivity index (χ3n) is 3.27. The van der Waals surface area contributed by atoms with Gasteiger partial charge in [0.2, 0.25) is 17.7 Å². The minimum atomic E-state index is -0.814. The first-order valence-electron chi connectivity index (χ1n) is 6.00. The highest BCUT2D eigenvalue weighted by atomic mass is 16.2. The van der Waals surface area contributed by atoms with Crippen LogP contribution >= 0.6 is 0 Å². The lowest BCUT2D eigenvalue weighted by Gasteiger charge is -2.32. The summed E-state index contributed by atoms with van der Waals surface area (Å²) in [7, 11) is 1.45. The Labute approximate surface area is 114 Å². The second kappa shape index (κ2) is 4.91. The van der Waals surface area contributed by atoms with Crippen molar-refractivity contribution in [3.8, 4) is 0 Å². The molecule has 0 bridgehead atoms. The maximum absolute atomic E-state index is 12.1. The SMILES string of the molecule is CC1C(=O)NC(=O)CN1C(=O)CN1C(=O)CN(C)C1=O. The molecule has 9 heteroatoms. The van der Waals surface area contributed by atoms with Crippen molar-refractivity contribution in [2.45, 2.75) is 13.0 Å². The fourth-order valence-electron chi connectivity index (χ4n) is 2.07. The molecule has 0 aromatic heterocycles. The van der Waals surface area contributed by atoms with Crippen LogP contribution in [0, 0.1) is 0 Å². The molecule has 2 heterocycles. The van der Waals surface area contributed by atoms with Crippen molar-refractivity contribution in [1.29, 1.82) is 0 Å². The summed E-state index contributed by atoms with van der Waals surface area (Å²) < 4.78 is 0. The summed E-state index contributed by atoms with van der Waals surface area (Å²) in [6, 6.07) is -1.38. The average molecular weight is 282 g/mol. The minimum Gasteiger partial charge on any atom is -0.320 e. The van der Waals surface area contributed by atoms with E-state index in [9.17, 15) is 24.0 Å². The van der Waals surface area contributed by atoms with Crippen LogP contribution in [0.2, 0.25) is 0 Å². The quantitative estimate of drug-likeness (QED) is 0.455. The fourth-order valence-corrected chi connectivity index (χ4v) is 2.07. The number of hydrogen-bond acceptors (Lipinski definition) is 5. The molecule has 20 heavy (non-hydrogen) atoms. The number of piperazine rings is 1. The third-order valence-corrected chi connectivity index (χ3v) is 3.27. The van der Waals surface area contributed by atoms with E-state index in [1.165, 1.54) is 18.9 Å². The number of hydrogen-bond donors (Lipinski definition) is 1. The highest BCUT2D eigenvalue weighted by molar-refractivity contribution is 6.07. The zero-order chi connectivity index (χ0) is 15.0. The maximum atomic E-state index is 12.1. The number of nitrogens with one attached hydrogen (secondary N) is 1. The average Bonchev–Trinajstić information content (AvgIpc) is 2.60. The highest BCUT2D eigenvalue weighted by Gasteiger charge is 2.39. The van der Waals surface area contributed by atoms with E-state index in [0.717, 1.165) is 9.80 Å². The van der Waals surface area contributed by atoms with Crippen molar-refractivity contribution in [2.75, 3.05) is 26.7 Å². The molecule has 2 rings (SSSR count). The Bertz CT molecular complexity index is 517. The Morgan fingerprint density at radius 3 is 2.45 bits per heavy atom. The van der Waals surface area contributed by atoms with Gasteiger partial charge in [0.15, 0.2) is 0 Å². The second-order valence-corrected chi connectivity index (χ2v) is 4.73. The van der Waals surface area contributed by atoms with Gasteiger partial charge < -0.3 is 9.80 Å². The standard InChI is InChI=1S/C11H14N4O5/c1-6-10(19)12-7(16)3-14(6)9(18)5-15-8(17)4-13(2)11(15)20/h6H,3-5H2,1-2H3,(H,12,16,19). The molecule has 0 aromatic rings. The molecule has 6 amide bonds. The summed E-state index contributed by atoms with van der Waals surface area (Å²) in [6.07, 6.45) is 0. The predicted octanol–water partition coefficient (Wildman–Crippen LogP) is -2.25. The Hall–Kier alpha value is -2.45. The first-order chi connectivity index (χ1) is 9.31. The molecule has 0 radical (unpaired) electrons. The van der Waals surface area contributed by atoms with Gasteiger partial charge in [-0.3, -0.25) is 29.4 Å². The normalized spacial score (nSPS) is 23.5. The van der Waals surface area contributed by atoms with E-state index in [2.05, 4.69) is 5.32 Å². The molecule has 2 aliphatic heterocycles. The van der Waals surface area contributed by atoms with Gasteiger partial charge in [-0.05, 0) is 6.92 Å². The van der Waals surface area contributed by atoms with E-state index in [-0.39, 0.29) is 13.1 Å². The molecule has 1 atom stereocenters. The number of carbonyl (C=O) groups excluding carboxylic acids is 5. The van der Waals surface area contributed by atoms with Crippen LogP contribution in [0.4, 0.5) is 4.79 Å². The molecule has 2 fully saturated rings. The van der Waals surface area contributed by atoms with E-state index >= 15 is 0 Å². The molecule has 0 spiro atoms. The number of rotatable bonds is 2. The van der Waals surface area contributed by atoms with Gasteiger partial charge in [-0.2, -0.15) is 0 Å². The predicted molar refractivity (Wildman–Crippen MR) is 64.1 cm³/mol. The number of imide groups is 2. The number of carbonyl (C=O) groups is 5. The van der Waals surface area contributed by atoms with Gasteiger partial charge >= 0.3 is 6.03 Å². The zero-order valence-electron chi connectivity index (χ0n) is 11.1. The third kappa shape index (κ3) is 2.33. The van der Waals surface area contributed by atoms with Gasteiger partial charge in [0.25, 0.3) is 5.91 Å². The monoisotopic (exact) mass is 282 g/mol. The maximum Gasteiger partial charge on any atom is 0.327 e. The Morgan fingerprint density at radius 2 is 1.90 bits per heavy atom. The lowest BCUT2D eigenvalue weighted by atomic mass is 10.2. The first-order valence-corrected chi connectivity index (χ1v) is 6.00. The summed E-state index contributed by atoms with van der Waals surface area (Å²) in [5, 5.41) is 2.10. The number of nitrogens with zero attached hydrogens (tertiary/aromatic N) is 3. The molecule has 0 aromatic carbocycles. The van der Waals surface area contributed by atoms with Crippen molar-refractivity contribution < 1.29 is 24.0 Å². The van der Waals surface area contributed by atoms with E-state index in [4.69, 9.17) is 0 Å². The fraction of sp³-hybridized carbons (Fsp3) is 0.545. The molecule has 1 N–H and O–H groups in total. The molecule has 0 aliphatic carbocycles. The lowest BCUT2D eigenvalue weighted by Crippen LogP contribution is -2.60. The van der Waals surface area contributed by atoms with Crippen LogP contribution in [0.15, 0.2) is 0 Å². The van der Waals surface area contributed by atoms with Gasteiger partial charge in [-0.1, -0.05) is 0 Å². The Balaban J connectivity index is 2.08. The molecule has 0 saturated carbocycles. The van der Waals surface area contributed by atoms with Gasteiger partial charge in [0, 0.05) is 7.05 Å². The summed E-state index contributed by atoms with van der Waals surface area (Å²) in [5.41, 5.74) is 0. The molecule has 2 saturated heterocycles. The summed E-state index contributed by atoms with van der Waals surface area (Å²) in [6.45, 7) is 0.658. The Morgan fingerprint density at radius 1 is 1.25 bits per heavy atom. The van der Waals surface area contributed by atoms with E-state index in [1.807, 2.05) is 0 Å². The van der Waals surface area contributed by atoms with Gasteiger partial charge in [-0.25, -0.2) is 4.79 Å². The van der Waals surface area contributed by atoms with Crippen LogP contribution in [0.5, 0.6) is 0 Å². The van der Waals surface area contributed by atoms with Crippen LogP contribution in [-0.4, -0.2) is 77.1 Å². The molecular weight excluding hydrogens is 268 g/mol. The zero-order valence-corrected chi connectivity index (χ0v) is 11.1. The lowest BCUT2D eigenvalue weighted by molar-refractivity contribution is -0.150. The summed E-state index contributed by atoms with van der Waals surface area (Å²) >= 11 is 0. The second-order valence-electron chi connectivity index (χ2n) is 4.73. The smallest absolute Gasteiger partial charge is 0.320 e. The van der Waals surface area contributed by atoms with Crippen molar-refractivity contribution in [2.24, 2.45) is 0 Å². The summed E-state index contributed by atoms with van der Waals surface area (Å²) in [4.78, 5) is 61.1. The van der Waals surface area contributed by atoms with Crippen molar-refractivity contribution in [3.05, 3.63) is 0 Å². The van der Waals surface area contributed by atoms with Crippen LogP contribution < -0.4 is 5.32 Å². The van der Waals surface area contributed by atoms with Crippen molar-refractivity contribution in [3.63, 3.8) is 0 Å². The van der Waals surface area contributed by atoms with Crippen molar-refractivity contribution >= 4 is 29.7 Å². The number of likely N-dealkylation sites (N-methyl/N-ethyl adjacent to an activating group) is 1. The minimum absolute atomic E-state index is 0.0823. The Kier molecular flexibility index (Phi) is 3.43. The summed E-state index contributed by atoms with van der Waals surface area (Å²) in [5.74, 6) is -2.26. The van der Waals surface area contributed by atoms with Crippen LogP contribution in [-0.2, 0) is 19.2 Å². The van der Waals surface area contributed by atoms with E-state index < -0.39 is 42.2 Å². The van der Waals surface area contributed by atoms with Crippen molar-refractivity contribution in [1.82, 2.24) is 20.0 Å².